The van der Waals surface area contributed by atoms with E-state index < -0.39 is 23.4 Å². The van der Waals surface area contributed by atoms with Gasteiger partial charge in [0.2, 0.25) is 0 Å². The van der Waals surface area contributed by atoms with Gasteiger partial charge in [-0.1, -0.05) is 0 Å². The minimum absolute atomic E-state index is 0.176. The minimum Gasteiger partial charge on any atom is -0.478 e. The summed E-state index contributed by atoms with van der Waals surface area (Å²) in [5, 5.41) is 14.1. The van der Waals surface area contributed by atoms with E-state index in [9.17, 15) is 14.0 Å². The summed E-state index contributed by atoms with van der Waals surface area (Å²) in [4.78, 5) is 27.3. The van der Waals surface area contributed by atoms with E-state index in [1.807, 2.05) is 6.92 Å². The van der Waals surface area contributed by atoms with Crippen LogP contribution in [0.4, 0.5) is 20.0 Å². The highest BCUT2D eigenvalue weighted by Crippen LogP contribution is 2.18. The van der Waals surface area contributed by atoms with Crippen molar-refractivity contribution in [2.75, 3.05) is 10.6 Å². The Labute approximate surface area is 117 Å². The highest BCUT2D eigenvalue weighted by Gasteiger charge is 2.12. The number of aromatic nitrogens is 1. The SMILES string of the molecule is Cc1cnc(NC(=O)Nc2ccc(F)c(C(=O)O)c2)s1. The van der Waals surface area contributed by atoms with Crippen molar-refractivity contribution in [3.63, 3.8) is 0 Å². The van der Waals surface area contributed by atoms with Gasteiger partial charge in [-0.25, -0.2) is 19.0 Å². The summed E-state index contributed by atoms with van der Waals surface area (Å²) in [5.74, 6) is -2.26. The number of nitrogens with one attached hydrogen (secondary N) is 2. The third kappa shape index (κ3) is 3.29. The Morgan fingerprint density at radius 3 is 2.70 bits per heavy atom. The maximum Gasteiger partial charge on any atom is 0.338 e. The lowest BCUT2D eigenvalue weighted by molar-refractivity contribution is 0.0692. The van der Waals surface area contributed by atoms with Crippen molar-refractivity contribution < 1.29 is 19.1 Å². The first-order valence-corrected chi connectivity index (χ1v) is 6.30. The fraction of sp³-hybridized carbons (Fsp3) is 0.0833. The zero-order valence-corrected chi connectivity index (χ0v) is 11.1. The summed E-state index contributed by atoms with van der Waals surface area (Å²) in [6.07, 6.45) is 1.61. The van der Waals surface area contributed by atoms with Crippen LogP contribution in [-0.4, -0.2) is 22.1 Å². The number of carboxylic acid groups (broad SMARTS) is 1. The monoisotopic (exact) mass is 295 g/mol. The predicted octanol–water partition coefficient (Wildman–Crippen LogP) is 2.93. The number of hydrogen-bond donors (Lipinski definition) is 3. The number of nitrogens with zero attached hydrogens (tertiary/aromatic N) is 1. The van der Waals surface area contributed by atoms with E-state index >= 15 is 0 Å². The molecule has 2 rings (SSSR count). The second-order valence-corrected chi connectivity index (χ2v) is 5.09. The Kier molecular flexibility index (Phi) is 3.94. The van der Waals surface area contributed by atoms with Crippen LogP contribution in [0, 0.1) is 12.7 Å². The molecule has 1 aromatic carbocycles. The maximum absolute atomic E-state index is 13.2. The highest BCUT2D eigenvalue weighted by atomic mass is 32.1. The lowest BCUT2D eigenvalue weighted by Crippen LogP contribution is -2.19. The van der Waals surface area contributed by atoms with E-state index in [-0.39, 0.29) is 5.69 Å². The third-order valence-corrected chi connectivity index (χ3v) is 3.12. The average Bonchev–Trinajstić information content (AvgIpc) is 2.76. The van der Waals surface area contributed by atoms with Gasteiger partial charge in [0.1, 0.15) is 5.82 Å². The molecule has 104 valence electrons. The number of rotatable bonds is 3. The van der Waals surface area contributed by atoms with Gasteiger partial charge in [0.05, 0.1) is 5.56 Å². The number of urea groups is 1. The molecule has 0 saturated heterocycles. The minimum atomic E-state index is -1.40. The van der Waals surface area contributed by atoms with Crippen LogP contribution < -0.4 is 10.6 Å². The van der Waals surface area contributed by atoms with Gasteiger partial charge in [-0.3, -0.25) is 5.32 Å². The molecule has 6 nitrogen and oxygen atoms in total. The molecule has 0 bridgehead atoms. The fourth-order valence-corrected chi connectivity index (χ4v) is 2.10. The van der Waals surface area contributed by atoms with Crippen molar-refractivity contribution in [3.8, 4) is 0 Å². The second kappa shape index (κ2) is 5.66. The number of halogens is 1. The molecule has 1 aromatic heterocycles. The van der Waals surface area contributed by atoms with Crippen LogP contribution in [0.5, 0.6) is 0 Å². The maximum atomic E-state index is 13.2. The average molecular weight is 295 g/mol. The van der Waals surface area contributed by atoms with Crippen LogP contribution in [0.1, 0.15) is 15.2 Å². The van der Waals surface area contributed by atoms with Gasteiger partial charge in [-0.2, -0.15) is 0 Å². The smallest absolute Gasteiger partial charge is 0.338 e. The second-order valence-electron chi connectivity index (χ2n) is 3.85. The molecular formula is C12H10FN3O3S. The number of aryl methyl sites for hydroxylation is 1. The molecule has 0 unspecified atom stereocenters. The van der Waals surface area contributed by atoms with E-state index in [1.165, 1.54) is 17.4 Å². The summed E-state index contributed by atoms with van der Waals surface area (Å²) in [6.45, 7) is 1.85. The Balaban J connectivity index is 2.08. The van der Waals surface area contributed by atoms with Crippen molar-refractivity contribution >= 4 is 34.2 Å². The van der Waals surface area contributed by atoms with Crippen LogP contribution in [0.15, 0.2) is 24.4 Å². The number of hydrogen-bond acceptors (Lipinski definition) is 4. The first kappa shape index (κ1) is 13.9. The van der Waals surface area contributed by atoms with Crippen molar-refractivity contribution in [2.24, 2.45) is 0 Å². The van der Waals surface area contributed by atoms with Gasteiger partial charge in [0.25, 0.3) is 0 Å². The molecule has 8 heteroatoms. The summed E-state index contributed by atoms with van der Waals surface area (Å²) in [7, 11) is 0. The molecule has 0 saturated carbocycles. The topological polar surface area (TPSA) is 91.3 Å². The Morgan fingerprint density at radius 2 is 2.10 bits per heavy atom. The predicted molar refractivity (Wildman–Crippen MR) is 72.9 cm³/mol. The number of benzene rings is 1. The molecule has 3 N–H and O–H groups in total. The summed E-state index contributed by atoms with van der Waals surface area (Å²) in [5.41, 5.74) is -0.331. The molecule has 0 fully saturated rings. The molecule has 1 heterocycles. The van der Waals surface area contributed by atoms with Crippen molar-refractivity contribution in [1.82, 2.24) is 4.98 Å². The van der Waals surface area contributed by atoms with Crippen LogP contribution in [0.2, 0.25) is 0 Å². The molecule has 0 atom stereocenters. The molecule has 0 spiro atoms. The zero-order valence-electron chi connectivity index (χ0n) is 10.3. The number of carboxylic acids is 1. The van der Waals surface area contributed by atoms with Crippen LogP contribution >= 0.6 is 11.3 Å². The third-order valence-electron chi connectivity index (χ3n) is 2.30. The van der Waals surface area contributed by atoms with Crippen molar-refractivity contribution in [2.45, 2.75) is 6.92 Å². The summed E-state index contributed by atoms with van der Waals surface area (Å²) >= 11 is 1.30. The standard InChI is InChI=1S/C12H10FN3O3S/c1-6-5-14-12(20-6)16-11(19)15-7-2-3-9(13)8(4-7)10(17)18/h2-5H,1H3,(H,17,18)(H2,14,15,16,19). The highest BCUT2D eigenvalue weighted by molar-refractivity contribution is 7.15. The number of anilines is 2. The number of thiazole rings is 1. The van der Waals surface area contributed by atoms with Gasteiger partial charge in [0.15, 0.2) is 5.13 Å². The summed E-state index contributed by atoms with van der Waals surface area (Å²) in [6, 6.07) is 2.72. The Hall–Kier alpha value is -2.48. The molecule has 2 aromatic rings. The van der Waals surface area contributed by atoms with Crippen LogP contribution in [-0.2, 0) is 0 Å². The molecule has 0 radical (unpaired) electrons. The lowest BCUT2D eigenvalue weighted by Gasteiger charge is -2.06. The summed E-state index contributed by atoms with van der Waals surface area (Å²) < 4.78 is 13.2. The normalized spacial score (nSPS) is 10.1. The van der Waals surface area contributed by atoms with Gasteiger partial charge in [0, 0.05) is 16.8 Å². The lowest BCUT2D eigenvalue weighted by atomic mass is 10.2. The zero-order chi connectivity index (χ0) is 14.7. The fourth-order valence-electron chi connectivity index (χ4n) is 1.44. The number of carbonyl (C=O) groups is 2. The largest absolute Gasteiger partial charge is 0.478 e. The van der Waals surface area contributed by atoms with Gasteiger partial charge in [-0.05, 0) is 25.1 Å². The first-order valence-electron chi connectivity index (χ1n) is 5.49. The molecule has 2 amide bonds. The van der Waals surface area contributed by atoms with Gasteiger partial charge in [-0.15, -0.1) is 11.3 Å². The van der Waals surface area contributed by atoms with Gasteiger partial charge < -0.3 is 10.4 Å². The molecule has 0 aliphatic carbocycles. The van der Waals surface area contributed by atoms with E-state index in [2.05, 4.69) is 15.6 Å². The van der Waals surface area contributed by atoms with E-state index in [0.29, 0.717) is 5.13 Å². The Morgan fingerprint density at radius 1 is 1.35 bits per heavy atom. The Bertz CT molecular complexity index is 672. The molecule has 0 aliphatic rings. The van der Waals surface area contributed by atoms with Crippen LogP contribution in [0.25, 0.3) is 0 Å². The number of amides is 2. The van der Waals surface area contributed by atoms with Crippen molar-refractivity contribution in [1.29, 1.82) is 0 Å². The first-order chi connectivity index (χ1) is 9.45. The van der Waals surface area contributed by atoms with E-state index in [0.717, 1.165) is 17.0 Å². The quantitative estimate of drug-likeness (QED) is 0.812. The van der Waals surface area contributed by atoms with Gasteiger partial charge >= 0.3 is 12.0 Å². The van der Waals surface area contributed by atoms with E-state index in [1.54, 1.807) is 6.20 Å². The van der Waals surface area contributed by atoms with Crippen LogP contribution in [0.3, 0.4) is 0 Å². The number of carbonyl (C=O) groups excluding carboxylic acids is 1. The molecule has 20 heavy (non-hydrogen) atoms. The molecular weight excluding hydrogens is 285 g/mol. The van der Waals surface area contributed by atoms with E-state index in [4.69, 9.17) is 5.11 Å². The van der Waals surface area contributed by atoms with Crippen molar-refractivity contribution in [3.05, 3.63) is 40.7 Å². The molecule has 0 aliphatic heterocycles. The number of aromatic carboxylic acids is 1.